The molecule has 0 spiro atoms. The summed E-state index contributed by atoms with van der Waals surface area (Å²) in [7, 11) is 0. The normalized spacial score (nSPS) is 16.8. The van der Waals surface area contributed by atoms with Crippen LogP contribution in [0.3, 0.4) is 0 Å². The first-order valence-corrected chi connectivity index (χ1v) is 12.4. The zero-order valence-corrected chi connectivity index (χ0v) is 21.9. The Bertz CT molecular complexity index is 1470. The predicted octanol–water partition coefficient (Wildman–Crippen LogP) is 5.89. The van der Waals surface area contributed by atoms with Crippen LogP contribution in [0.25, 0.3) is 22.3 Å². The molecule has 37 heavy (non-hydrogen) atoms. The number of phenols is 3. The number of phenolic OH excluding ortho intramolecular Hbond substituents is 3. The molecule has 4 rings (SSSR count). The quantitative estimate of drug-likeness (QED) is 0.243. The Hall–Kier alpha value is -3.71. The second-order valence-electron chi connectivity index (χ2n) is 10.5. The molecule has 1 aliphatic rings. The zero-order valence-electron chi connectivity index (χ0n) is 21.9. The van der Waals surface area contributed by atoms with Crippen LogP contribution in [0, 0.1) is 0 Å². The van der Waals surface area contributed by atoms with E-state index in [1.807, 2.05) is 13.0 Å². The van der Waals surface area contributed by atoms with E-state index in [0.717, 1.165) is 18.4 Å². The average molecular weight is 507 g/mol. The smallest absolute Gasteiger partial charge is 0.197 e. The van der Waals surface area contributed by atoms with Crippen LogP contribution in [0.15, 0.2) is 56.8 Å². The van der Waals surface area contributed by atoms with Crippen molar-refractivity contribution in [3.05, 3.63) is 68.9 Å². The van der Waals surface area contributed by atoms with Gasteiger partial charge in [0.05, 0.1) is 6.10 Å². The third-order valence-corrected chi connectivity index (χ3v) is 6.90. The molecular formula is C30H34O7. The van der Waals surface area contributed by atoms with Crippen LogP contribution in [-0.4, -0.2) is 32.1 Å². The molecule has 1 atom stereocenters. The van der Waals surface area contributed by atoms with Gasteiger partial charge < -0.3 is 29.6 Å². The first kappa shape index (κ1) is 26.4. The summed E-state index contributed by atoms with van der Waals surface area (Å²) in [4.78, 5) is 13.1. The molecule has 0 aliphatic carbocycles. The summed E-state index contributed by atoms with van der Waals surface area (Å²) in [5.41, 5.74) is 2.39. The number of rotatable bonds is 6. The second-order valence-corrected chi connectivity index (χ2v) is 10.5. The number of hydrogen-bond acceptors (Lipinski definition) is 7. The highest BCUT2D eigenvalue weighted by molar-refractivity contribution is 5.88. The fourth-order valence-corrected chi connectivity index (χ4v) is 4.56. The SMILES string of the molecule is CC(C)=CCC/C(C)=C/Cc1c(-c2cc(=O)c3c(O)c4c(cc3o2)OC(C)(C)[C@H](O)C4)ccc(O)c1O. The summed E-state index contributed by atoms with van der Waals surface area (Å²) in [5.74, 6) is -0.289. The number of benzene rings is 2. The summed E-state index contributed by atoms with van der Waals surface area (Å²) in [6.07, 6.45) is 5.53. The highest BCUT2D eigenvalue weighted by Crippen LogP contribution is 2.43. The number of ether oxygens (including phenoxy) is 1. The van der Waals surface area contributed by atoms with E-state index in [4.69, 9.17) is 9.15 Å². The van der Waals surface area contributed by atoms with Crippen molar-refractivity contribution in [1.82, 2.24) is 0 Å². The molecule has 1 aromatic heterocycles. The summed E-state index contributed by atoms with van der Waals surface area (Å²) >= 11 is 0. The number of aliphatic hydroxyl groups excluding tert-OH is 1. The van der Waals surface area contributed by atoms with Crippen molar-refractivity contribution in [3.63, 3.8) is 0 Å². The van der Waals surface area contributed by atoms with Crippen LogP contribution in [0.5, 0.6) is 23.0 Å². The molecule has 7 heteroatoms. The minimum absolute atomic E-state index is 0.00225. The van der Waals surface area contributed by atoms with Gasteiger partial charge in [-0.25, -0.2) is 0 Å². The molecule has 1 aliphatic heterocycles. The first-order valence-electron chi connectivity index (χ1n) is 12.4. The van der Waals surface area contributed by atoms with Gasteiger partial charge >= 0.3 is 0 Å². The van der Waals surface area contributed by atoms with Gasteiger partial charge in [-0.2, -0.15) is 0 Å². The zero-order chi connectivity index (χ0) is 27.1. The maximum Gasteiger partial charge on any atom is 0.197 e. The molecule has 0 saturated carbocycles. The van der Waals surface area contributed by atoms with Gasteiger partial charge in [0.15, 0.2) is 16.9 Å². The van der Waals surface area contributed by atoms with E-state index in [-0.39, 0.29) is 40.4 Å². The fourth-order valence-electron chi connectivity index (χ4n) is 4.56. The van der Waals surface area contributed by atoms with Crippen molar-refractivity contribution in [2.24, 2.45) is 0 Å². The summed E-state index contributed by atoms with van der Waals surface area (Å²) < 4.78 is 12.0. The first-order chi connectivity index (χ1) is 17.4. The highest BCUT2D eigenvalue weighted by atomic mass is 16.5. The maximum absolute atomic E-state index is 13.1. The lowest BCUT2D eigenvalue weighted by Crippen LogP contribution is -2.46. The standard InChI is InChI=1S/C30H34O7/c1-16(2)7-6-8-17(3)9-10-19-18(11-12-21(31)28(19)34)23-14-22(32)27-25(36-23)15-24-20(29(27)35)13-26(33)30(4,5)37-24/h7,9,11-12,14-15,26,31,33-35H,6,8,10,13H2,1-5H3/b17-9+/t26-/m1/s1. The molecule has 0 fully saturated rings. The summed E-state index contributed by atoms with van der Waals surface area (Å²) in [6, 6.07) is 5.76. The van der Waals surface area contributed by atoms with Crippen LogP contribution in [0.2, 0.25) is 0 Å². The molecule has 2 heterocycles. The summed E-state index contributed by atoms with van der Waals surface area (Å²) in [6.45, 7) is 9.61. The molecule has 0 radical (unpaired) electrons. The maximum atomic E-state index is 13.1. The topological polar surface area (TPSA) is 120 Å². The Morgan fingerprint density at radius 2 is 1.81 bits per heavy atom. The molecule has 7 nitrogen and oxygen atoms in total. The van der Waals surface area contributed by atoms with Gasteiger partial charge in [0.25, 0.3) is 0 Å². The van der Waals surface area contributed by atoms with E-state index >= 15 is 0 Å². The van der Waals surface area contributed by atoms with Crippen molar-refractivity contribution < 1.29 is 29.6 Å². The lowest BCUT2D eigenvalue weighted by molar-refractivity contribution is -0.0415. The van der Waals surface area contributed by atoms with E-state index in [1.165, 1.54) is 17.7 Å². The van der Waals surface area contributed by atoms with E-state index in [9.17, 15) is 25.2 Å². The molecule has 196 valence electrons. The van der Waals surface area contributed by atoms with Gasteiger partial charge in [0.2, 0.25) is 0 Å². The number of allylic oxidation sites excluding steroid dienone is 4. The lowest BCUT2D eigenvalue weighted by atomic mass is 9.90. The van der Waals surface area contributed by atoms with Crippen molar-refractivity contribution >= 4 is 11.0 Å². The third kappa shape index (κ3) is 5.23. The van der Waals surface area contributed by atoms with Crippen LogP contribution in [-0.2, 0) is 12.8 Å². The van der Waals surface area contributed by atoms with Crippen LogP contribution in [0.4, 0.5) is 0 Å². The van der Waals surface area contributed by atoms with Gasteiger partial charge in [0.1, 0.15) is 33.8 Å². The Morgan fingerprint density at radius 1 is 1.08 bits per heavy atom. The number of aromatic hydroxyl groups is 3. The number of aliphatic hydroxyl groups is 1. The second kappa shape index (κ2) is 9.98. The predicted molar refractivity (Wildman–Crippen MR) is 143 cm³/mol. The van der Waals surface area contributed by atoms with Crippen LogP contribution >= 0.6 is 0 Å². The van der Waals surface area contributed by atoms with E-state index < -0.39 is 17.1 Å². The minimum atomic E-state index is -0.878. The van der Waals surface area contributed by atoms with E-state index in [1.54, 1.807) is 26.0 Å². The largest absolute Gasteiger partial charge is 0.507 e. The molecule has 0 unspecified atom stereocenters. The van der Waals surface area contributed by atoms with Crippen LogP contribution < -0.4 is 10.2 Å². The highest BCUT2D eigenvalue weighted by Gasteiger charge is 2.38. The Morgan fingerprint density at radius 3 is 2.51 bits per heavy atom. The molecule has 4 N–H and O–H groups in total. The van der Waals surface area contributed by atoms with Crippen LogP contribution in [0.1, 0.15) is 58.6 Å². The Balaban J connectivity index is 1.79. The molecule has 3 aromatic rings. The molecule has 0 saturated heterocycles. The molecule has 0 amide bonds. The van der Waals surface area contributed by atoms with Crippen molar-refractivity contribution in [1.29, 1.82) is 0 Å². The van der Waals surface area contributed by atoms with E-state index in [2.05, 4.69) is 19.9 Å². The minimum Gasteiger partial charge on any atom is -0.507 e. The van der Waals surface area contributed by atoms with Gasteiger partial charge in [-0.05, 0) is 66.0 Å². The Kier molecular flexibility index (Phi) is 7.11. The molecular weight excluding hydrogens is 472 g/mol. The average Bonchev–Trinajstić information content (AvgIpc) is 2.80. The third-order valence-electron chi connectivity index (χ3n) is 6.90. The monoisotopic (exact) mass is 506 g/mol. The van der Waals surface area contributed by atoms with Crippen molar-refractivity contribution in [2.45, 2.75) is 72.0 Å². The van der Waals surface area contributed by atoms with Crippen molar-refractivity contribution in [3.8, 4) is 34.3 Å². The number of fused-ring (bicyclic) bond motifs is 2. The number of hydrogen-bond donors (Lipinski definition) is 4. The summed E-state index contributed by atoms with van der Waals surface area (Å²) in [5, 5.41) is 42.1. The van der Waals surface area contributed by atoms with Crippen molar-refractivity contribution in [2.75, 3.05) is 0 Å². The lowest BCUT2D eigenvalue weighted by Gasteiger charge is -2.37. The van der Waals surface area contributed by atoms with Gasteiger partial charge in [0, 0.05) is 35.2 Å². The van der Waals surface area contributed by atoms with Gasteiger partial charge in [-0.3, -0.25) is 4.79 Å². The molecule has 2 aromatic carbocycles. The fraction of sp³-hybridized carbons (Fsp3) is 0.367. The van der Waals surface area contributed by atoms with E-state index in [0.29, 0.717) is 28.9 Å². The van der Waals surface area contributed by atoms with Gasteiger partial charge in [-0.1, -0.05) is 23.3 Å². The van der Waals surface area contributed by atoms with Gasteiger partial charge in [-0.15, -0.1) is 0 Å². The molecule has 0 bridgehead atoms. The Labute approximate surface area is 216 Å².